The average molecular weight is 503 g/mol. The fourth-order valence-corrected chi connectivity index (χ4v) is 4.26. The van der Waals surface area contributed by atoms with Crippen LogP contribution < -0.4 is 15.8 Å². The van der Waals surface area contributed by atoms with Crippen LogP contribution >= 0.6 is 0 Å². The molecule has 0 amide bonds. The Bertz CT molecular complexity index is 1190. The van der Waals surface area contributed by atoms with E-state index in [1.54, 1.807) is 7.11 Å². The number of alkyl halides is 4. The molecule has 0 aliphatic carbocycles. The monoisotopic (exact) mass is 502 g/mol. The van der Waals surface area contributed by atoms with Gasteiger partial charge >= 0.3 is 6.18 Å². The van der Waals surface area contributed by atoms with Crippen LogP contribution in [0.4, 0.5) is 17.6 Å². The second-order valence-corrected chi connectivity index (χ2v) is 9.57. The molecule has 0 heterocycles. The van der Waals surface area contributed by atoms with E-state index in [1.807, 2.05) is 26.0 Å². The first-order valence-corrected chi connectivity index (χ1v) is 12.0. The van der Waals surface area contributed by atoms with Crippen molar-refractivity contribution < 1.29 is 22.3 Å². The summed E-state index contributed by atoms with van der Waals surface area (Å²) >= 11 is 0. The van der Waals surface area contributed by atoms with Crippen molar-refractivity contribution in [3.05, 3.63) is 88.0 Å². The molecule has 3 N–H and O–H groups in total. The molecule has 7 heteroatoms. The van der Waals surface area contributed by atoms with Gasteiger partial charge in [-0.15, -0.1) is 0 Å². The van der Waals surface area contributed by atoms with Crippen LogP contribution in [0.25, 0.3) is 11.1 Å². The molecule has 3 rings (SSSR count). The van der Waals surface area contributed by atoms with Gasteiger partial charge in [0, 0.05) is 24.2 Å². The van der Waals surface area contributed by atoms with Crippen LogP contribution in [0.2, 0.25) is 0 Å². The SMILES string of the molecule is COc1ccc(C(C)C)cc1-c1ccc(C)cc1CN[C@@H](C)[C@H](N)c1cc(CF)cc(C(F)(F)F)c1. The fraction of sp³-hybridized carbons (Fsp3) is 0.379. The van der Waals surface area contributed by atoms with Crippen molar-refractivity contribution in [3.63, 3.8) is 0 Å². The number of benzene rings is 3. The van der Waals surface area contributed by atoms with Gasteiger partial charge in [-0.2, -0.15) is 13.2 Å². The number of methoxy groups -OCH3 is 1. The highest BCUT2D eigenvalue weighted by molar-refractivity contribution is 5.74. The Hall–Kier alpha value is -2.90. The van der Waals surface area contributed by atoms with Gasteiger partial charge in [0.15, 0.2) is 0 Å². The highest BCUT2D eigenvalue weighted by Crippen LogP contribution is 2.36. The van der Waals surface area contributed by atoms with Crippen molar-refractivity contribution in [2.45, 2.75) is 65.1 Å². The molecule has 0 saturated carbocycles. The van der Waals surface area contributed by atoms with E-state index in [0.29, 0.717) is 12.5 Å². The molecule has 36 heavy (non-hydrogen) atoms. The van der Waals surface area contributed by atoms with Crippen LogP contribution in [0.3, 0.4) is 0 Å². The first-order valence-electron chi connectivity index (χ1n) is 12.0. The van der Waals surface area contributed by atoms with E-state index in [1.165, 1.54) is 11.6 Å². The molecule has 3 nitrogen and oxygen atoms in total. The summed E-state index contributed by atoms with van der Waals surface area (Å²) in [6.45, 7) is 7.54. The molecule has 0 aliphatic heterocycles. The number of aryl methyl sites for hydroxylation is 1. The summed E-state index contributed by atoms with van der Waals surface area (Å²) in [5.41, 5.74) is 10.9. The number of rotatable bonds is 9. The van der Waals surface area contributed by atoms with Gasteiger partial charge in [0.2, 0.25) is 0 Å². The van der Waals surface area contributed by atoms with E-state index in [2.05, 4.69) is 43.4 Å². The van der Waals surface area contributed by atoms with Gasteiger partial charge in [0.1, 0.15) is 12.4 Å². The van der Waals surface area contributed by atoms with Gasteiger partial charge in [-0.25, -0.2) is 4.39 Å². The summed E-state index contributed by atoms with van der Waals surface area (Å²) in [5, 5.41) is 3.36. The zero-order chi connectivity index (χ0) is 26.6. The molecule has 0 saturated heterocycles. The zero-order valence-corrected chi connectivity index (χ0v) is 21.3. The molecule has 2 atom stereocenters. The normalized spacial score (nSPS) is 13.6. The minimum Gasteiger partial charge on any atom is -0.496 e. The molecular formula is C29H34F4N2O. The summed E-state index contributed by atoms with van der Waals surface area (Å²) in [7, 11) is 1.64. The van der Waals surface area contributed by atoms with Crippen LogP contribution in [-0.2, 0) is 19.4 Å². The van der Waals surface area contributed by atoms with Gasteiger partial charge in [-0.1, -0.05) is 49.7 Å². The minimum absolute atomic E-state index is 0.0411. The predicted octanol–water partition coefficient (Wildman–Crippen LogP) is 7.46. The molecule has 0 fully saturated rings. The van der Waals surface area contributed by atoms with Gasteiger partial charge < -0.3 is 15.8 Å². The lowest BCUT2D eigenvalue weighted by atomic mass is 9.92. The Morgan fingerprint density at radius 2 is 1.64 bits per heavy atom. The quantitative estimate of drug-likeness (QED) is 0.299. The van der Waals surface area contributed by atoms with E-state index in [-0.39, 0.29) is 17.2 Å². The van der Waals surface area contributed by atoms with Crippen LogP contribution in [-0.4, -0.2) is 13.2 Å². The number of hydrogen-bond acceptors (Lipinski definition) is 3. The maximum absolute atomic E-state index is 13.3. The van der Waals surface area contributed by atoms with Gasteiger partial charge in [-0.05, 0) is 71.8 Å². The molecule has 0 aliphatic rings. The number of nitrogens with one attached hydrogen (secondary N) is 1. The van der Waals surface area contributed by atoms with Crippen molar-refractivity contribution in [1.82, 2.24) is 5.32 Å². The highest BCUT2D eigenvalue weighted by Gasteiger charge is 2.32. The molecule has 0 unspecified atom stereocenters. The Balaban J connectivity index is 1.89. The van der Waals surface area contributed by atoms with Crippen LogP contribution in [0.5, 0.6) is 5.75 Å². The van der Waals surface area contributed by atoms with E-state index in [0.717, 1.165) is 40.1 Å². The molecule has 194 valence electrons. The van der Waals surface area contributed by atoms with Gasteiger partial charge in [0.05, 0.1) is 12.7 Å². The third-order valence-corrected chi connectivity index (χ3v) is 6.48. The van der Waals surface area contributed by atoms with E-state index >= 15 is 0 Å². The Kier molecular flexibility index (Phi) is 8.80. The molecule has 0 bridgehead atoms. The number of nitrogens with two attached hydrogens (primary N) is 1. The Morgan fingerprint density at radius 3 is 2.25 bits per heavy atom. The largest absolute Gasteiger partial charge is 0.496 e. The molecule has 0 spiro atoms. The lowest BCUT2D eigenvalue weighted by molar-refractivity contribution is -0.137. The van der Waals surface area contributed by atoms with E-state index in [9.17, 15) is 17.6 Å². The Morgan fingerprint density at radius 1 is 0.917 bits per heavy atom. The first kappa shape index (κ1) is 27.7. The van der Waals surface area contributed by atoms with Crippen LogP contribution in [0.15, 0.2) is 54.6 Å². The van der Waals surface area contributed by atoms with Gasteiger partial charge in [-0.3, -0.25) is 0 Å². The van der Waals surface area contributed by atoms with E-state index < -0.39 is 24.5 Å². The number of halogens is 4. The maximum atomic E-state index is 13.3. The summed E-state index contributed by atoms with van der Waals surface area (Å²) < 4.78 is 58.8. The fourth-order valence-electron chi connectivity index (χ4n) is 4.26. The number of ether oxygens (including phenoxy) is 1. The molecule has 3 aromatic rings. The highest BCUT2D eigenvalue weighted by atomic mass is 19.4. The summed E-state index contributed by atoms with van der Waals surface area (Å²) in [6.07, 6.45) is -4.57. The second-order valence-electron chi connectivity index (χ2n) is 9.57. The average Bonchev–Trinajstić information content (AvgIpc) is 2.85. The Labute approximate surface area is 210 Å². The molecule has 0 aromatic heterocycles. The van der Waals surface area contributed by atoms with Crippen molar-refractivity contribution >= 4 is 0 Å². The van der Waals surface area contributed by atoms with Gasteiger partial charge in [0.25, 0.3) is 0 Å². The predicted molar refractivity (Wildman–Crippen MR) is 137 cm³/mol. The summed E-state index contributed by atoms with van der Waals surface area (Å²) in [4.78, 5) is 0. The zero-order valence-electron chi connectivity index (χ0n) is 21.3. The molecule has 0 radical (unpaired) electrons. The lowest BCUT2D eigenvalue weighted by Gasteiger charge is -2.24. The van der Waals surface area contributed by atoms with Crippen molar-refractivity contribution in [3.8, 4) is 16.9 Å². The van der Waals surface area contributed by atoms with Crippen molar-refractivity contribution in [2.75, 3.05) is 7.11 Å². The van der Waals surface area contributed by atoms with Crippen molar-refractivity contribution in [2.24, 2.45) is 5.73 Å². The third-order valence-electron chi connectivity index (χ3n) is 6.48. The summed E-state index contributed by atoms with van der Waals surface area (Å²) in [5.74, 6) is 1.11. The maximum Gasteiger partial charge on any atom is 0.416 e. The smallest absolute Gasteiger partial charge is 0.416 e. The number of hydrogen-bond donors (Lipinski definition) is 2. The van der Waals surface area contributed by atoms with Crippen LogP contribution in [0.1, 0.15) is 66.1 Å². The topological polar surface area (TPSA) is 47.3 Å². The molecular weight excluding hydrogens is 468 g/mol. The minimum atomic E-state index is -4.57. The first-order chi connectivity index (χ1) is 16.9. The van der Waals surface area contributed by atoms with Crippen molar-refractivity contribution in [1.29, 1.82) is 0 Å². The second kappa shape index (κ2) is 11.4. The summed E-state index contributed by atoms with van der Waals surface area (Å²) in [6, 6.07) is 14.4. The molecule has 3 aromatic carbocycles. The van der Waals surface area contributed by atoms with Crippen LogP contribution in [0, 0.1) is 6.92 Å². The third kappa shape index (κ3) is 6.45. The standard InChI is InChI=1S/C29H34F4N2O/c1-17(2)21-7-9-27(36-5)26(14-21)25-8-6-18(3)10-23(25)16-35-19(4)28(34)22-11-20(15-30)12-24(13-22)29(31,32)33/h6-14,17,19,28,35H,15-16,34H2,1-5H3/t19-,28-/m0/s1. The lowest BCUT2D eigenvalue weighted by Crippen LogP contribution is -2.36. The van der Waals surface area contributed by atoms with E-state index in [4.69, 9.17) is 10.5 Å².